The molecule has 2 heterocycles. The van der Waals surface area contributed by atoms with Crippen LogP contribution in [0.4, 0.5) is 5.69 Å². The van der Waals surface area contributed by atoms with Crippen molar-refractivity contribution in [2.24, 2.45) is 0 Å². The zero-order chi connectivity index (χ0) is 18.8. The van der Waals surface area contributed by atoms with Crippen LogP contribution in [-0.4, -0.2) is 24.2 Å². The molecule has 0 radical (unpaired) electrons. The fourth-order valence-corrected chi connectivity index (χ4v) is 2.93. The zero-order valence-electron chi connectivity index (χ0n) is 13.3. The lowest BCUT2D eigenvalue weighted by Crippen LogP contribution is -2.13. The predicted octanol–water partition coefficient (Wildman–Crippen LogP) is 4.26. The summed E-state index contributed by atoms with van der Waals surface area (Å²) in [5, 5.41) is 20.0. The summed E-state index contributed by atoms with van der Waals surface area (Å²) in [5.74, 6) is -0.191. The molecule has 1 amide bonds. The quantitative estimate of drug-likeness (QED) is 0.648. The molecule has 9 heteroatoms. The molecule has 2 N–H and O–H groups in total. The molecule has 3 rings (SSSR count). The molecule has 0 saturated carbocycles. The number of carbonyl (C=O) groups is 1. The van der Waals surface area contributed by atoms with E-state index in [1.807, 2.05) is 6.07 Å². The summed E-state index contributed by atoms with van der Waals surface area (Å²) in [6, 6.07) is 4.98. The van der Waals surface area contributed by atoms with Crippen LogP contribution in [0.15, 0.2) is 28.9 Å². The van der Waals surface area contributed by atoms with Gasteiger partial charge >= 0.3 is 0 Å². The Labute approximate surface area is 157 Å². The number of pyridine rings is 1. The summed E-state index contributed by atoms with van der Waals surface area (Å²) in [7, 11) is 1.43. The minimum absolute atomic E-state index is 0.0287. The van der Waals surface area contributed by atoms with Gasteiger partial charge in [-0.05, 0) is 12.1 Å². The maximum atomic E-state index is 12.8. The number of nitriles is 1. The minimum Gasteiger partial charge on any atom is -0.493 e. The number of amides is 1. The topological polar surface area (TPSA) is 112 Å². The summed E-state index contributed by atoms with van der Waals surface area (Å²) in [5.41, 5.74) is 0.609. The van der Waals surface area contributed by atoms with E-state index in [-0.39, 0.29) is 43.6 Å². The van der Waals surface area contributed by atoms with E-state index >= 15 is 0 Å². The van der Waals surface area contributed by atoms with E-state index in [1.54, 1.807) is 0 Å². The average molecular weight is 389 g/mol. The molecule has 3 aromatic rings. The number of ether oxygens (including phenoxy) is 1. The molecular weight excluding hydrogens is 379 g/mol. The third-order valence-electron chi connectivity index (χ3n) is 3.63. The van der Waals surface area contributed by atoms with Crippen LogP contribution in [0.3, 0.4) is 0 Å². The number of anilines is 1. The Morgan fingerprint density at radius 2 is 2.08 bits per heavy atom. The number of aromatic nitrogens is 1. The normalized spacial score (nSPS) is 10.4. The van der Waals surface area contributed by atoms with Gasteiger partial charge in [0.05, 0.1) is 40.0 Å². The first kappa shape index (κ1) is 17.7. The summed E-state index contributed by atoms with van der Waals surface area (Å²) < 4.78 is 10.7. The lowest BCUT2D eigenvalue weighted by Gasteiger charge is -2.10. The summed E-state index contributed by atoms with van der Waals surface area (Å²) in [4.78, 5) is 16.6. The standard InChI is InChI=1S/C17H10Cl2N4O3/c1-25-12-3-2-8(14-9(4-20)13(5-21)26-16(12)14)17(24)23-15-10(18)6-22-7-11(15)19/h2-3,5-7,21H,1H3,(H,22,23,24). The van der Waals surface area contributed by atoms with Crippen molar-refractivity contribution in [1.82, 2.24) is 4.98 Å². The van der Waals surface area contributed by atoms with Crippen LogP contribution in [0.25, 0.3) is 11.0 Å². The SMILES string of the molecule is COc1ccc(C(=O)Nc2c(Cl)cncc2Cl)c2c(C#N)c(C=N)oc12. The number of benzene rings is 1. The Kier molecular flexibility index (Phi) is 4.80. The van der Waals surface area contributed by atoms with E-state index in [9.17, 15) is 10.1 Å². The van der Waals surface area contributed by atoms with E-state index in [0.29, 0.717) is 5.75 Å². The number of furan rings is 1. The Balaban J connectivity index is 2.19. The maximum absolute atomic E-state index is 12.8. The highest BCUT2D eigenvalue weighted by Gasteiger charge is 2.23. The van der Waals surface area contributed by atoms with Crippen LogP contribution in [-0.2, 0) is 0 Å². The molecule has 0 fully saturated rings. The van der Waals surface area contributed by atoms with Crippen molar-refractivity contribution in [1.29, 1.82) is 10.7 Å². The van der Waals surface area contributed by atoms with E-state index < -0.39 is 5.91 Å². The van der Waals surface area contributed by atoms with Gasteiger partial charge in [-0.2, -0.15) is 5.26 Å². The zero-order valence-corrected chi connectivity index (χ0v) is 14.8. The average Bonchev–Trinajstić information content (AvgIpc) is 3.02. The second-order valence-electron chi connectivity index (χ2n) is 5.05. The third kappa shape index (κ3) is 2.86. The van der Waals surface area contributed by atoms with Gasteiger partial charge < -0.3 is 19.9 Å². The molecule has 0 aliphatic rings. The maximum Gasteiger partial charge on any atom is 0.256 e. The number of carbonyl (C=O) groups excluding carboxylic acids is 1. The molecule has 7 nitrogen and oxygen atoms in total. The summed E-state index contributed by atoms with van der Waals surface area (Å²) in [6.45, 7) is 0. The number of methoxy groups -OCH3 is 1. The van der Waals surface area contributed by atoms with Crippen molar-refractivity contribution >= 4 is 52.0 Å². The Bertz CT molecular complexity index is 1070. The second-order valence-corrected chi connectivity index (χ2v) is 5.86. The van der Waals surface area contributed by atoms with Gasteiger partial charge in [-0.25, -0.2) is 0 Å². The molecule has 26 heavy (non-hydrogen) atoms. The van der Waals surface area contributed by atoms with Gasteiger partial charge in [0.2, 0.25) is 0 Å². The van der Waals surface area contributed by atoms with Crippen molar-refractivity contribution in [3.63, 3.8) is 0 Å². The van der Waals surface area contributed by atoms with E-state index in [4.69, 9.17) is 37.8 Å². The minimum atomic E-state index is -0.554. The van der Waals surface area contributed by atoms with Crippen LogP contribution in [0, 0.1) is 16.7 Å². The lowest BCUT2D eigenvalue weighted by atomic mass is 10.0. The molecule has 0 spiro atoms. The first-order valence-corrected chi connectivity index (χ1v) is 7.91. The lowest BCUT2D eigenvalue weighted by molar-refractivity contribution is 0.102. The number of rotatable bonds is 4. The van der Waals surface area contributed by atoms with Gasteiger partial charge in [0.15, 0.2) is 17.1 Å². The van der Waals surface area contributed by atoms with Gasteiger partial charge in [-0.1, -0.05) is 23.2 Å². The number of nitrogens with one attached hydrogen (secondary N) is 2. The molecule has 0 unspecified atom stereocenters. The number of nitrogens with zero attached hydrogens (tertiary/aromatic N) is 2. The monoisotopic (exact) mass is 388 g/mol. The van der Waals surface area contributed by atoms with Crippen LogP contribution < -0.4 is 10.1 Å². The number of halogens is 2. The van der Waals surface area contributed by atoms with Crippen molar-refractivity contribution in [3.05, 3.63) is 51.5 Å². The van der Waals surface area contributed by atoms with E-state index in [2.05, 4.69) is 10.3 Å². The highest BCUT2D eigenvalue weighted by Crippen LogP contribution is 2.36. The molecule has 0 saturated heterocycles. The van der Waals surface area contributed by atoms with Gasteiger partial charge in [0.1, 0.15) is 11.6 Å². The van der Waals surface area contributed by atoms with Gasteiger partial charge in [0, 0.05) is 12.4 Å². The largest absolute Gasteiger partial charge is 0.493 e. The fraction of sp³-hybridized carbons (Fsp3) is 0.0588. The highest BCUT2D eigenvalue weighted by molar-refractivity contribution is 6.40. The van der Waals surface area contributed by atoms with Crippen LogP contribution in [0.5, 0.6) is 5.75 Å². The van der Waals surface area contributed by atoms with Crippen molar-refractivity contribution < 1.29 is 13.9 Å². The molecule has 0 aliphatic heterocycles. The van der Waals surface area contributed by atoms with Crippen molar-refractivity contribution in [3.8, 4) is 11.8 Å². The first-order valence-electron chi connectivity index (χ1n) is 7.16. The molecule has 130 valence electrons. The summed E-state index contributed by atoms with van der Waals surface area (Å²) in [6.07, 6.45) is 3.59. The third-order valence-corrected chi connectivity index (χ3v) is 4.20. The molecule has 0 aliphatic carbocycles. The molecule has 0 bridgehead atoms. The molecule has 2 aromatic heterocycles. The number of hydrogen-bond acceptors (Lipinski definition) is 6. The van der Waals surface area contributed by atoms with Crippen molar-refractivity contribution in [2.45, 2.75) is 0 Å². The highest BCUT2D eigenvalue weighted by atomic mass is 35.5. The molecule has 0 atom stereocenters. The molecular formula is C17H10Cl2N4O3. The van der Waals surface area contributed by atoms with Gasteiger partial charge in [-0.15, -0.1) is 0 Å². The fourth-order valence-electron chi connectivity index (χ4n) is 2.47. The Morgan fingerprint density at radius 1 is 1.38 bits per heavy atom. The first-order chi connectivity index (χ1) is 12.5. The van der Waals surface area contributed by atoms with E-state index in [1.165, 1.54) is 31.6 Å². The van der Waals surface area contributed by atoms with Crippen LogP contribution >= 0.6 is 23.2 Å². The van der Waals surface area contributed by atoms with Crippen LogP contribution in [0.2, 0.25) is 10.0 Å². The van der Waals surface area contributed by atoms with E-state index in [0.717, 1.165) is 6.21 Å². The van der Waals surface area contributed by atoms with Crippen LogP contribution in [0.1, 0.15) is 21.7 Å². The number of hydrogen-bond donors (Lipinski definition) is 2. The van der Waals surface area contributed by atoms with Gasteiger partial charge in [-0.3, -0.25) is 9.78 Å². The molecule has 1 aromatic carbocycles. The number of fused-ring (bicyclic) bond motifs is 1. The predicted molar refractivity (Wildman–Crippen MR) is 97.6 cm³/mol. The van der Waals surface area contributed by atoms with Gasteiger partial charge in [0.25, 0.3) is 5.91 Å². The Hall–Kier alpha value is -3.08. The summed E-state index contributed by atoms with van der Waals surface area (Å²) >= 11 is 12.1. The smallest absolute Gasteiger partial charge is 0.256 e. The van der Waals surface area contributed by atoms with Crippen molar-refractivity contribution in [2.75, 3.05) is 12.4 Å². The Morgan fingerprint density at radius 3 is 2.65 bits per heavy atom. The second kappa shape index (κ2) is 7.04.